The summed E-state index contributed by atoms with van der Waals surface area (Å²) in [5, 5.41) is 13.1. The van der Waals surface area contributed by atoms with Crippen molar-refractivity contribution in [2.75, 3.05) is 0 Å². The van der Waals surface area contributed by atoms with E-state index in [1.165, 1.54) is 18.2 Å². The third-order valence-corrected chi connectivity index (χ3v) is 3.12. The monoisotopic (exact) mass is 278 g/mol. The number of halogens is 1. The van der Waals surface area contributed by atoms with E-state index in [9.17, 15) is 9.18 Å². The minimum Gasteiger partial charge on any atom is -0.485 e. The number of carboxylic acid groups (broad SMARTS) is 1. The second-order valence-electron chi connectivity index (χ2n) is 4.50. The van der Waals surface area contributed by atoms with Gasteiger partial charge in [0.05, 0.1) is 11.3 Å². The summed E-state index contributed by atoms with van der Waals surface area (Å²) in [6.07, 6.45) is 0. The first-order valence-corrected chi connectivity index (χ1v) is 6.05. The third kappa shape index (κ3) is 2.49. The molecule has 0 saturated heterocycles. The van der Waals surface area contributed by atoms with Crippen LogP contribution in [0.2, 0.25) is 0 Å². The molecule has 0 aliphatic rings. The lowest BCUT2D eigenvalue weighted by molar-refractivity contribution is 0.0691. The summed E-state index contributed by atoms with van der Waals surface area (Å²) in [6, 6.07) is 4.22. The SMILES string of the molecule is Cc1nn(C)c(C)c1OCc1cccc(C(=O)O)c1F. The van der Waals surface area contributed by atoms with Gasteiger partial charge in [0.25, 0.3) is 0 Å². The Bertz CT molecular complexity index is 665. The Balaban J connectivity index is 2.23. The second-order valence-corrected chi connectivity index (χ2v) is 4.50. The van der Waals surface area contributed by atoms with E-state index in [-0.39, 0.29) is 17.7 Å². The molecule has 0 fully saturated rings. The zero-order chi connectivity index (χ0) is 14.9. The number of aromatic nitrogens is 2. The van der Waals surface area contributed by atoms with Crippen LogP contribution in [0.25, 0.3) is 0 Å². The molecule has 2 aromatic rings. The summed E-state index contributed by atoms with van der Waals surface area (Å²) in [5.74, 6) is -1.47. The zero-order valence-corrected chi connectivity index (χ0v) is 11.5. The molecule has 0 radical (unpaired) electrons. The van der Waals surface area contributed by atoms with Crippen LogP contribution in [-0.4, -0.2) is 20.9 Å². The van der Waals surface area contributed by atoms with E-state index in [2.05, 4.69) is 5.10 Å². The molecule has 6 heteroatoms. The first kappa shape index (κ1) is 14.0. The predicted molar refractivity (Wildman–Crippen MR) is 70.4 cm³/mol. The molecule has 20 heavy (non-hydrogen) atoms. The van der Waals surface area contributed by atoms with Gasteiger partial charge in [-0.15, -0.1) is 0 Å². The van der Waals surface area contributed by atoms with Gasteiger partial charge in [-0.1, -0.05) is 12.1 Å². The van der Waals surface area contributed by atoms with Crippen molar-refractivity contribution >= 4 is 5.97 Å². The van der Waals surface area contributed by atoms with E-state index < -0.39 is 11.8 Å². The van der Waals surface area contributed by atoms with Gasteiger partial charge in [0.15, 0.2) is 5.75 Å². The molecule has 5 nitrogen and oxygen atoms in total. The molecular weight excluding hydrogens is 263 g/mol. The third-order valence-electron chi connectivity index (χ3n) is 3.12. The van der Waals surface area contributed by atoms with Crippen LogP contribution < -0.4 is 4.74 Å². The molecule has 106 valence electrons. The van der Waals surface area contributed by atoms with Crippen LogP contribution in [0, 0.1) is 19.7 Å². The van der Waals surface area contributed by atoms with Crippen molar-refractivity contribution in [1.82, 2.24) is 9.78 Å². The summed E-state index contributed by atoms with van der Waals surface area (Å²) in [6.45, 7) is 3.60. The first-order chi connectivity index (χ1) is 9.41. The van der Waals surface area contributed by atoms with Crippen LogP contribution in [0.1, 0.15) is 27.3 Å². The molecule has 0 aliphatic carbocycles. The lowest BCUT2D eigenvalue weighted by Crippen LogP contribution is -2.06. The fourth-order valence-corrected chi connectivity index (χ4v) is 1.97. The fourth-order valence-electron chi connectivity index (χ4n) is 1.97. The average molecular weight is 278 g/mol. The van der Waals surface area contributed by atoms with Gasteiger partial charge in [0.1, 0.15) is 18.1 Å². The fraction of sp³-hybridized carbons (Fsp3) is 0.286. The highest BCUT2D eigenvalue weighted by atomic mass is 19.1. The van der Waals surface area contributed by atoms with Gasteiger partial charge in [-0.3, -0.25) is 4.68 Å². The van der Waals surface area contributed by atoms with Crippen LogP contribution in [0.5, 0.6) is 5.75 Å². The molecular formula is C14H15FN2O3. The largest absolute Gasteiger partial charge is 0.485 e. The van der Waals surface area contributed by atoms with E-state index in [4.69, 9.17) is 9.84 Å². The van der Waals surface area contributed by atoms with Gasteiger partial charge in [-0.25, -0.2) is 9.18 Å². The summed E-state index contributed by atoms with van der Waals surface area (Å²) in [5.41, 5.74) is 1.38. The lowest BCUT2D eigenvalue weighted by atomic mass is 10.1. The van der Waals surface area contributed by atoms with E-state index in [1.54, 1.807) is 18.7 Å². The number of carbonyl (C=O) groups is 1. The molecule has 0 spiro atoms. The van der Waals surface area contributed by atoms with Crippen molar-refractivity contribution in [2.24, 2.45) is 7.05 Å². The lowest BCUT2D eigenvalue weighted by Gasteiger charge is -2.08. The van der Waals surface area contributed by atoms with Crippen molar-refractivity contribution in [3.63, 3.8) is 0 Å². The van der Waals surface area contributed by atoms with E-state index in [0.29, 0.717) is 11.4 Å². The number of nitrogens with zero attached hydrogens (tertiary/aromatic N) is 2. The predicted octanol–water partition coefficient (Wildman–Crippen LogP) is 2.45. The summed E-state index contributed by atoms with van der Waals surface area (Å²) in [7, 11) is 1.79. The summed E-state index contributed by atoms with van der Waals surface area (Å²) in [4.78, 5) is 10.9. The Labute approximate surface area is 115 Å². The van der Waals surface area contributed by atoms with E-state index in [0.717, 1.165) is 5.69 Å². The normalized spacial score (nSPS) is 10.6. The summed E-state index contributed by atoms with van der Waals surface area (Å²) >= 11 is 0. The standard InChI is InChI=1S/C14H15FN2O3/c1-8-13(9(2)17(3)16-8)20-7-10-5-4-6-11(12(10)15)14(18)19/h4-6H,7H2,1-3H3,(H,18,19). The maximum absolute atomic E-state index is 14.0. The Morgan fingerprint density at radius 2 is 2.15 bits per heavy atom. The number of aryl methyl sites for hydroxylation is 2. The number of ether oxygens (including phenoxy) is 1. The smallest absolute Gasteiger partial charge is 0.338 e. The van der Waals surface area contributed by atoms with Gasteiger partial charge in [0.2, 0.25) is 0 Å². The van der Waals surface area contributed by atoms with Crippen molar-refractivity contribution < 1.29 is 19.0 Å². The quantitative estimate of drug-likeness (QED) is 0.933. The Kier molecular flexibility index (Phi) is 3.74. The van der Waals surface area contributed by atoms with Crippen LogP contribution >= 0.6 is 0 Å². The number of hydrogen-bond donors (Lipinski definition) is 1. The molecule has 1 aromatic carbocycles. The molecule has 0 atom stereocenters. The van der Waals surface area contributed by atoms with Gasteiger partial charge >= 0.3 is 5.97 Å². The number of rotatable bonds is 4. The van der Waals surface area contributed by atoms with Crippen molar-refractivity contribution in [2.45, 2.75) is 20.5 Å². The highest BCUT2D eigenvalue weighted by molar-refractivity contribution is 5.88. The minimum absolute atomic E-state index is 0.0413. The topological polar surface area (TPSA) is 64.4 Å². The number of aromatic carboxylic acids is 1. The minimum atomic E-state index is -1.29. The van der Waals surface area contributed by atoms with Crippen LogP contribution in [0.3, 0.4) is 0 Å². The van der Waals surface area contributed by atoms with E-state index >= 15 is 0 Å². The Morgan fingerprint density at radius 3 is 2.70 bits per heavy atom. The van der Waals surface area contributed by atoms with Crippen molar-refractivity contribution in [3.05, 3.63) is 46.5 Å². The van der Waals surface area contributed by atoms with Gasteiger partial charge < -0.3 is 9.84 Å². The Hall–Kier alpha value is -2.37. The molecule has 1 N–H and O–H groups in total. The van der Waals surface area contributed by atoms with Crippen LogP contribution in [0.4, 0.5) is 4.39 Å². The molecule has 0 aliphatic heterocycles. The maximum Gasteiger partial charge on any atom is 0.338 e. The number of hydrogen-bond acceptors (Lipinski definition) is 3. The first-order valence-electron chi connectivity index (χ1n) is 6.05. The highest BCUT2D eigenvalue weighted by Crippen LogP contribution is 2.23. The maximum atomic E-state index is 14.0. The average Bonchev–Trinajstić information content (AvgIpc) is 2.62. The number of benzene rings is 1. The van der Waals surface area contributed by atoms with Gasteiger partial charge in [-0.05, 0) is 19.9 Å². The van der Waals surface area contributed by atoms with Crippen molar-refractivity contribution in [1.29, 1.82) is 0 Å². The molecule has 0 saturated carbocycles. The molecule has 0 amide bonds. The Morgan fingerprint density at radius 1 is 1.45 bits per heavy atom. The van der Waals surface area contributed by atoms with Gasteiger partial charge in [-0.2, -0.15) is 5.10 Å². The molecule has 0 bridgehead atoms. The summed E-state index contributed by atoms with van der Waals surface area (Å²) < 4.78 is 21.2. The van der Waals surface area contributed by atoms with Crippen LogP contribution in [-0.2, 0) is 13.7 Å². The number of carboxylic acids is 1. The second kappa shape index (κ2) is 5.32. The molecule has 0 unspecified atom stereocenters. The van der Waals surface area contributed by atoms with Crippen molar-refractivity contribution in [3.8, 4) is 5.75 Å². The zero-order valence-electron chi connectivity index (χ0n) is 11.5. The molecule has 1 aromatic heterocycles. The molecule has 2 rings (SSSR count). The highest BCUT2D eigenvalue weighted by Gasteiger charge is 2.16. The van der Waals surface area contributed by atoms with Crippen LogP contribution in [0.15, 0.2) is 18.2 Å². The van der Waals surface area contributed by atoms with Gasteiger partial charge in [0, 0.05) is 12.6 Å². The molecule has 1 heterocycles. The van der Waals surface area contributed by atoms with E-state index in [1.807, 2.05) is 6.92 Å².